The lowest BCUT2D eigenvalue weighted by Gasteiger charge is -2.17. The monoisotopic (exact) mass is 380 g/mol. The van der Waals surface area contributed by atoms with Gasteiger partial charge in [-0.1, -0.05) is 18.2 Å². The summed E-state index contributed by atoms with van der Waals surface area (Å²) >= 11 is 0. The molecule has 0 aromatic heterocycles. The Labute approximate surface area is 165 Å². The Morgan fingerprint density at radius 2 is 1.32 bits per heavy atom. The third kappa shape index (κ3) is 3.74. The number of ether oxygens (including phenoxy) is 2. The summed E-state index contributed by atoms with van der Waals surface area (Å²) in [5.41, 5.74) is 5.00. The molecule has 0 amide bonds. The molecule has 0 spiro atoms. The van der Waals surface area contributed by atoms with E-state index in [9.17, 15) is 4.39 Å². The molecule has 0 saturated heterocycles. The third-order valence-corrected chi connectivity index (χ3v) is 4.77. The Morgan fingerprint density at radius 3 is 1.79 bits per heavy atom. The summed E-state index contributed by atoms with van der Waals surface area (Å²) in [6, 6.07) is 17.1. The van der Waals surface area contributed by atoms with Crippen LogP contribution in [0, 0.1) is 5.82 Å². The molecular weight excluding hydrogens is 355 g/mol. The van der Waals surface area contributed by atoms with Crippen LogP contribution in [0.15, 0.2) is 54.6 Å². The highest BCUT2D eigenvalue weighted by atomic mass is 19.1. The molecule has 0 bridgehead atoms. The summed E-state index contributed by atoms with van der Waals surface area (Å²) in [4.78, 5) is 2.05. The van der Waals surface area contributed by atoms with Crippen LogP contribution in [0.5, 0.6) is 11.5 Å². The van der Waals surface area contributed by atoms with Crippen molar-refractivity contribution in [1.82, 2.24) is 0 Å². The van der Waals surface area contributed by atoms with Crippen molar-refractivity contribution < 1.29 is 13.9 Å². The van der Waals surface area contributed by atoms with Gasteiger partial charge in [0.05, 0.1) is 19.9 Å². The number of methoxy groups -OCH3 is 2. The first-order chi connectivity index (χ1) is 13.5. The molecule has 0 atom stereocenters. The average Bonchev–Trinajstić information content (AvgIpc) is 2.72. The molecule has 28 heavy (non-hydrogen) atoms. The molecule has 3 aromatic rings. The van der Waals surface area contributed by atoms with Crippen molar-refractivity contribution in [2.24, 2.45) is 0 Å². The molecule has 0 heterocycles. The van der Waals surface area contributed by atoms with Crippen molar-refractivity contribution in [3.05, 3.63) is 60.4 Å². The molecule has 146 valence electrons. The fraction of sp³-hybridized carbons (Fsp3) is 0.217. The number of benzene rings is 3. The minimum Gasteiger partial charge on any atom is -0.496 e. The maximum atomic E-state index is 14.3. The zero-order valence-electron chi connectivity index (χ0n) is 16.8. The van der Waals surface area contributed by atoms with Crippen molar-refractivity contribution in [2.45, 2.75) is 0 Å². The maximum absolute atomic E-state index is 14.3. The van der Waals surface area contributed by atoms with Crippen LogP contribution in [0.1, 0.15) is 0 Å². The second-order valence-corrected chi connectivity index (χ2v) is 6.64. The summed E-state index contributed by atoms with van der Waals surface area (Å²) in [7, 11) is 8.95. The highest BCUT2D eigenvalue weighted by Crippen LogP contribution is 2.41. The number of anilines is 2. The van der Waals surface area contributed by atoms with E-state index < -0.39 is 0 Å². The van der Waals surface area contributed by atoms with Gasteiger partial charge in [0.2, 0.25) is 0 Å². The molecule has 0 saturated carbocycles. The standard InChI is InChI=1S/C23H25FN2O2/c1-25-21-11-8-16(12-20(21)24)19-14-22(27-4)18(13-23(19)28-5)15-6-9-17(10-7-15)26(2)3/h6-14,25H,1-5H3. The van der Waals surface area contributed by atoms with Crippen molar-refractivity contribution in [3.63, 3.8) is 0 Å². The van der Waals surface area contributed by atoms with Gasteiger partial charge in [-0.2, -0.15) is 0 Å². The van der Waals surface area contributed by atoms with Gasteiger partial charge in [0.15, 0.2) is 0 Å². The van der Waals surface area contributed by atoms with Crippen LogP contribution in [-0.4, -0.2) is 35.4 Å². The number of nitrogens with zero attached hydrogens (tertiary/aromatic N) is 1. The van der Waals surface area contributed by atoms with Gasteiger partial charge in [-0.05, 0) is 47.5 Å². The van der Waals surface area contributed by atoms with Crippen LogP contribution in [0.3, 0.4) is 0 Å². The highest BCUT2D eigenvalue weighted by Gasteiger charge is 2.15. The molecule has 0 unspecified atom stereocenters. The molecule has 0 aliphatic carbocycles. The molecule has 3 aromatic carbocycles. The van der Waals surface area contributed by atoms with Gasteiger partial charge < -0.3 is 19.7 Å². The Morgan fingerprint density at radius 1 is 0.786 bits per heavy atom. The number of halogens is 1. The van der Waals surface area contributed by atoms with E-state index in [0.29, 0.717) is 17.2 Å². The third-order valence-electron chi connectivity index (χ3n) is 4.77. The summed E-state index contributed by atoms with van der Waals surface area (Å²) in [6.45, 7) is 0. The molecule has 0 aliphatic heterocycles. The number of hydrogen-bond acceptors (Lipinski definition) is 4. The van der Waals surface area contributed by atoms with Crippen molar-refractivity contribution in [1.29, 1.82) is 0 Å². The summed E-state index contributed by atoms with van der Waals surface area (Å²) in [6.07, 6.45) is 0. The van der Waals surface area contributed by atoms with E-state index in [4.69, 9.17) is 9.47 Å². The minimum atomic E-state index is -0.315. The van der Waals surface area contributed by atoms with Gasteiger partial charge in [0, 0.05) is 38.0 Å². The van der Waals surface area contributed by atoms with Crippen LogP contribution in [0.4, 0.5) is 15.8 Å². The minimum absolute atomic E-state index is 0.315. The predicted octanol–water partition coefficient (Wildman–Crippen LogP) is 5.28. The van der Waals surface area contributed by atoms with E-state index >= 15 is 0 Å². The fourth-order valence-corrected chi connectivity index (χ4v) is 3.17. The Kier molecular flexibility index (Phi) is 5.73. The van der Waals surface area contributed by atoms with E-state index in [1.54, 1.807) is 27.3 Å². The number of nitrogens with one attached hydrogen (secondary N) is 1. The van der Waals surface area contributed by atoms with Crippen molar-refractivity contribution in [3.8, 4) is 33.8 Å². The maximum Gasteiger partial charge on any atom is 0.146 e. The topological polar surface area (TPSA) is 33.7 Å². The molecule has 0 aliphatic rings. The van der Waals surface area contributed by atoms with E-state index in [-0.39, 0.29) is 5.82 Å². The van der Waals surface area contributed by atoms with E-state index in [2.05, 4.69) is 17.4 Å². The molecule has 4 nitrogen and oxygen atoms in total. The van der Waals surface area contributed by atoms with Crippen LogP contribution in [0.2, 0.25) is 0 Å². The molecule has 1 N–H and O–H groups in total. The van der Waals surface area contributed by atoms with Gasteiger partial charge in [0.25, 0.3) is 0 Å². The highest BCUT2D eigenvalue weighted by molar-refractivity contribution is 5.82. The van der Waals surface area contributed by atoms with Gasteiger partial charge in [-0.3, -0.25) is 0 Å². The van der Waals surface area contributed by atoms with E-state index in [1.807, 2.05) is 49.3 Å². The first kappa shape index (κ1) is 19.5. The lowest BCUT2D eigenvalue weighted by Crippen LogP contribution is -2.07. The first-order valence-electron chi connectivity index (χ1n) is 9.00. The summed E-state index contributed by atoms with van der Waals surface area (Å²) < 4.78 is 25.5. The smallest absolute Gasteiger partial charge is 0.146 e. The zero-order valence-corrected chi connectivity index (χ0v) is 16.8. The molecule has 5 heteroatoms. The molecular formula is C23H25FN2O2. The molecule has 3 rings (SSSR count). The lowest BCUT2D eigenvalue weighted by atomic mass is 9.97. The van der Waals surface area contributed by atoms with Crippen molar-refractivity contribution >= 4 is 11.4 Å². The number of rotatable bonds is 6. The fourth-order valence-electron chi connectivity index (χ4n) is 3.17. The lowest BCUT2D eigenvalue weighted by molar-refractivity contribution is 0.406. The zero-order chi connectivity index (χ0) is 20.3. The van der Waals surface area contributed by atoms with Crippen LogP contribution >= 0.6 is 0 Å². The quantitative estimate of drug-likeness (QED) is 0.630. The molecule has 0 fully saturated rings. The van der Waals surface area contributed by atoms with Crippen molar-refractivity contribution in [2.75, 3.05) is 45.6 Å². The Bertz CT molecular complexity index is 969. The second-order valence-electron chi connectivity index (χ2n) is 6.64. The normalized spacial score (nSPS) is 10.5. The Hall–Kier alpha value is -3.21. The summed E-state index contributed by atoms with van der Waals surface area (Å²) in [5, 5.41) is 2.83. The average molecular weight is 380 g/mol. The van der Waals surface area contributed by atoms with Gasteiger partial charge >= 0.3 is 0 Å². The van der Waals surface area contributed by atoms with Gasteiger partial charge in [0.1, 0.15) is 17.3 Å². The van der Waals surface area contributed by atoms with E-state index in [0.717, 1.165) is 27.9 Å². The van der Waals surface area contributed by atoms with Gasteiger partial charge in [-0.15, -0.1) is 0 Å². The predicted molar refractivity (Wildman–Crippen MR) is 114 cm³/mol. The van der Waals surface area contributed by atoms with Gasteiger partial charge in [-0.25, -0.2) is 4.39 Å². The second kappa shape index (κ2) is 8.21. The largest absolute Gasteiger partial charge is 0.496 e. The first-order valence-corrected chi connectivity index (χ1v) is 9.00. The Balaban J connectivity index is 2.11. The van der Waals surface area contributed by atoms with Crippen LogP contribution < -0.4 is 19.7 Å². The van der Waals surface area contributed by atoms with Crippen LogP contribution in [-0.2, 0) is 0 Å². The number of hydrogen-bond donors (Lipinski definition) is 1. The molecule has 0 radical (unpaired) electrons. The summed E-state index contributed by atoms with van der Waals surface area (Å²) in [5.74, 6) is 1.04. The van der Waals surface area contributed by atoms with E-state index in [1.165, 1.54) is 6.07 Å². The SMILES string of the molecule is CNc1ccc(-c2cc(OC)c(-c3ccc(N(C)C)cc3)cc2OC)cc1F. The van der Waals surface area contributed by atoms with Crippen LogP contribution in [0.25, 0.3) is 22.3 Å².